The van der Waals surface area contributed by atoms with Crippen molar-refractivity contribution in [3.63, 3.8) is 0 Å². The normalized spacial score (nSPS) is 41.8. The number of ether oxygens (including phenoxy) is 1. The van der Waals surface area contributed by atoms with Gasteiger partial charge < -0.3 is 4.74 Å². The molecule has 3 saturated carbocycles. The fourth-order valence-electron chi connectivity index (χ4n) is 5.82. The van der Waals surface area contributed by atoms with Crippen molar-refractivity contribution in [1.82, 2.24) is 0 Å². The molecule has 0 bridgehead atoms. The van der Waals surface area contributed by atoms with Gasteiger partial charge in [0, 0.05) is 12.8 Å². The van der Waals surface area contributed by atoms with Crippen molar-refractivity contribution in [1.29, 1.82) is 5.26 Å². The van der Waals surface area contributed by atoms with Crippen molar-refractivity contribution in [2.45, 2.75) is 102 Å². The Morgan fingerprint density at radius 1 is 0.964 bits per heavy atom. The number of alkyl halides is 2. The molecule has 0 aromatic heterocycles. The molecule has 0 aromatic carbocycles. The molecule has 3 aliphatic rings. The molecule has 158 valence electrons. The molecule has 3 aliphatic carbocycles. The van der Waals surface area contributed by atoms with Gasteiger partial charge in [0.15, 0.2) is 0 Å². The van der Waals surface area contributed by atoms with Crippen LogP contribution < -0.4 is 0 Å². The van der Waals surface area contributed by atoms with Crippen LogP contribution in [0.1, 0.15) is 84.0 Å². The molecule has 0 heterocycles. The molecule has 28 heavy (non-hydrogen) atoms. The van der Waals surface area contributed by atoms with E-state index in [-0.39, 0.29) is 24.7 Å². The van der Waals surface area contributed by atoms with E-state index in [2.05, 4.69) is 6.92 Å². The summed E-state index contributed by atoms with van der Waals surface area (Å²) < 4.78 is 33.3. The molecule has 5 heteroatoms. The maximum absolute atomic E-state index is 13.9. The minimum absolute atomic E-state index is 0.0548. The van der Waals surface area contributed by atoms with E-state index in [1.54, 1.807) is 6.07 Å². The predicted molar refractivity (Wildman–Crippen MR) is 104 cm³/mol. The van der Waals surface area contributed by atoms with Crippen LogP contribution in [-0.4, -0.2) is 24.4 Å². The van der Waals surface area contributed by atoms with Gasteiger partial charge in [-0.15, -0.1) is 0 Å². The van der Waals surface area contributed by atoms with Gasteiger partial charge in [-0.05, 0) is 56.3 Å². The Morgan fingerprint density at radius 3 is 2.00 bits per heavy atom. The monoisotopic (exact) mass is 395 g/mol. The lowest BCUT2D eigenvalue weighted by Gasteiger charge is -2.38. The Hall–Kier alpha value is -1.18. The Labute approximate surface area is 168 Å². The largest absolute Gasteiger partial charge is 0.462 e. The third kappa shape index (κ3) is 5.24. The zero-order valence-corrected chi connectivity index (χ0v) is 17.1. The predicted octanol–water partition coefficient (Wildman–Crippen LogP) is 5.92. The van der Waals surface area contributed by atoms with Gasteiger partial charge in [-0.2, -0.15) is 5.26 Å². The van der Waals surface area contributed by atoms with E-state index >= 15 is 0 Å². The number of halogens is 2. The average molecular weight is 396 g/mol. The Bertz CT molecular complexity index is 535. The van der Waals surface area contributed by atoms with Gasteiger partial charge in [-0.3, -0.25) is 4.79 Å². The summed E-state index contributed by atoms with van der Waals surface area (Å²) in [6.45, 7) is 2.27. The number of carbonyl (C=O) groups excluding carboxylic acids is 1. The standard InChI is InChI=1S/C23H35F2NO2/c1-2-3-15-4-6-16(7-5-15)17-8-10-18(11-9-17)23(27)28-19-12-21(24)20(14-26)22(25)13-19/h15-22H,2-13H2,1H3. The summed E-state index contributed by atoms with van der Waals surface area (Å²) in [5.74, 6) is 0.816. The summed E-state index contributed by atoms with van der Waals surface area (Å²) in [7, 11) is 0. The highest BCUT2D eigenvalue weighted by molar-refractivity contribution is 5.72. The molecule has 2 atom stereocenters. The van der Waals surface area contributed by atoms with Crippen LogP contribution in [0.5, 0.6) is 0 Å². The van der Waals surface area contributed by atoms with Gasteiger partial charge >= 0.3 is 5.97 Å². The first-order valence-electron chi connectivity index (χ1n) is 11.4. The van der Waals surface area contributed by atoms with E-state index < -0.39 is 24.4 Å². The zero-order valence-electron chi connectivity index (χ0n) is 17.1. The van der Waals surface area contributed by atoms with Crippen molar-refractivity contribution >= 4 is 5.97 Å². The molecule has 0 radical (unpaired) electrons. The molecule has 0 saturated heterocycles. The van der Waals surface area contributed by atoms with Crippen LogP contribution in [0, 0.1) is 40.9 Å². The highest BCUT2D eigenvalue weighted by atomic mass is 19.1. The van der Waals surface area contributed by atoms with Crippen LogP contribution in [0.25, 0.3) is 0 Å². The third-order valence-corrected chi connectivity index (χ3v) is 7.55. The molecule has 0 aliphatic heterocycles. The lowest BCUT2D eigenvalue weighted by molar-refractivity contribution is -0.160. The summed E-state index contributed by atoms with van der Waals surface area (Å²) in [4.78, 5) is 12.5. The first-order chi connectivity index (χ1) is 13.5. The van der Waals surface area contributed by atoms with Gasteiger partial charge in [0.1, 0.15) is 24.4 Å². The maximum atomic E-state index is 13.9. The summed E-state index contributed by atoms with van der Waals surface area (Å²) >= 11 is 0. The van der Waals surface area contributed by atoms with Crippen LogP contribution in [0.3, 0.4) is 0 Å². The van der Waals surface area contributed by atoms with Crippen molar-refractivity contribution < 1.29 is 18.3 Å². The lowest BCUT2D eigenvalue weighted by Crippen LogP contribution is -2.40. The van der Waals surface area contributed by atoms with E-state index in [0.29, 0.717) is 0 Å². The molecule has 3 rings (SSSR count). The zero-order chi connectivity index (χ0) is 20.1. The van der Waals surface area contributed by atoms with Crippen molar-refractivity contribution in [3.05, 3.63) is 0 Å². The van der Waals surface area contributed by atoms with E-state index in [4.69, 9.17) is 10.00 Å². The minimum Gasteiger partial charge on any atom is -0.462 e. The Balaban J connectivity index is 1.40. The van der Waals surface area contributed by atoms with Gasteiger partial charge in [0.2, 0.25) is 0 Å². The van der Waals surface area contributed by atoms with Crippen molar-refractivity contribution in [2.24, 2.45) is 29.6 Å². The number of hydrogen-bond acceptors (Lipinski definition) is 3. The van der Waals surface area contributed by atoms with Crippen LogP contribution in [0.2, 0.25) is 0 Å². The van der Waals surface area contributed by atoms with E-state index in [1.165, 1.54) is 38.5 Å². The van der Waals surface area contributed by atoms with E-state index in [1.807, 2.05) is 0 Å². The van der Waals surface area contributed by atoms with Crippen LogP contribution >= 0.6 is 0 Å². The fraction of sp³-hybridized carbons (Fsp3) is 0.913. The number of nitrogens with zero attached hydrogens (tertiary/aromatic N) is 1. The van der Waals surface area contributed by atoms with Crippen LogP contribution in [0.15, 0.2) is 0 Å². The summed E-state index contributed by atoms with van der Waals surface area (Å²) in [5.41, 5.74) is 0. The molecular formula is C23H35F2NO2. The van der Waals surface area contributed by atoms with Crippen LogP contribution in [0.4, 0.5) is 8.78 Å². The van der Waals surface area contributed by atoms with Crippen LogP contribution in [-0.2, 0) is 9.53 Å². The molecule has 0 N–H and O–H groups in total. The smallest absolute Gasteiger partial charge is 0.309 e. The van der Waals surface area contributed by atoms with Crippen molar-refractivity contribution in [3.8, 4) is 6.07 Å². The molecular weight excluding hydrogens is 360 g/mol. The SMILES string of the molecule is CCCC1CCC(C2CCC(C(=O)OC3CC(F)C(C#N)C(F)C3)CC2)CC1. The molecule has 0 spiro atoms. The van der Waals surface area contributed by atoms with E-state index in [9.17, 15) is 13.6 Å². The van der Waals surface area contributed by atoms with E-state index in [0.717, 1.165) is 43.4 Å². The number of carbonyl (C=O) groups is 1. The molecule has 0 aromatic rings. The third-order valence-electron chi connectivity index (χ3n) is 7.55. The summed E-state index contributed by atoms with van der Waals surface area (Å²) in [5, 5.41) is 8.84. The quantitative estimate of drug-likeness (QED) is 0.543. The number of rotatable bonds is 5. The first kappa shape index (κ1) is 21.5. The molecule has 3 fully saturated rings. The van der Waals surface area contributed by atoms with Gasteiger partial charge in [0.05, 0.1) is 12.0 Å². The van der Waals surface area contributed by atoms with Gasteiger partial charge in [-0.25, -0.2) is 8.78 Å². The summed E-state index contributed by atoms with van der Waals surface area (Å²) in [6, 6.07) is 1.70. The summed E-state index contributed by atoms with van der Waals surface area (Å²) in [6.07, 6.45) is 7.92. The maximum Gasteiger partial charge on any atom is 0.309 e. The van der Waals surface area contributed by atoms with Gasteiger partial charge in [0.25, 0.3) is 0 Å². The highest BCUT2D eigenvalue weighted by Crippen LogP contribution is 2.42. The lowest BCUT2D eigenvalue weighted by atomic mass is 9.69. The number of nitriles is 1. The number of hydrogen-bond donors (Lipinski definition) is 0. The molecule has 3 nitrogen and oxygen atoms in total. The minimum atomic E-state index is -1.55. The van der Waals surface area contributed by atoms with Gasteiger partial charge in [-0.1, -0.05) is 32.6 Å². The second-order valence-corrected chi connectivity index (χ2v) is 9.40. The molecule has 2 unspecified atom stereocenters. The second kappa shape index (κ2) is 10.0. The fourth-order valence-corrected chi connectivity index (χ4v) is 5.82. The first-order valence-corrected chi connectivity index (χ1v) is 11.4. The Kier molecular flexibility index (Phi) is 7.71. The second-order valence-electron chi connectivity index (χ2n) is 9.40. The highest BCUT2D eigenvalue weighted by Gasteiger charge is 2.41. The number of esters is 1. The average Bonchev–Trinajstić information content (AvgIpc) is 2.69. The molecule has 0 amide bonds. The topological polar surface area (TPSA) is 50.1 Å². The van der Waals surface area contributed by atoms with Crippen molar-refractivity contribution in [2.75, 3.05) is 0 Å². The Morgan fingerprint density at radius 2 is 1.50 bits per heavy atom.